The molecule has 1 fully saturated rings. The molecular formula is C9H19N3O. The summed E-state index contributed by atoms with van der Waals surface area (Å²) in [6, 6.07) is 0.0322. The summed E-state index contributed by atoms with van der Waals surface area (Å²) in [6.45, 7) is 2.19. The number of hydrogen-bond donors (Lipinski definition) is 3. The van der Waals surface area contributed by atoms with E-state index < -0.39 is 0 Å². The van der Waals surface area contributed by atoms with Gasteiger partial charge in [-0.15, -0.1) is 0 Å². The number of urea groups is 1. The first-order valence-electron chi connectivity index (χ1n) is 5.01. The molecule has 1 saturated carbocycles. The zero-order valence-corrected chi connectivity index (χ0v) is 8.18. The van der Waals surface area contributed by atoms with Crippen LogP contribution in [0.15, 0.2) is 0 Å². The highest BCUT2D eigenvalue weighted by molar-refractivity contribution is 5.73. The van der Waals surface area contributed by atoms with Crippen molar-refractivity contribution in [2.75, 3.05) is 0 Å². The first-order valence-corrected chi connectivity index (χ1v) is 5.01. The summed E-state index contributed by atoms with van der Waals surface area (Å²) in [6.07, 6.45) is 6.06. The van der Waals surface area contributed by atoms with Crippen LogP contribution in [0, 0.1) is 5.92 Å². The lowest BCUT2D eigenvalue weighted by atomic mass is 9.97. The average molecular weight is 185 g/mol. The third kappa shape index (κ3) is 3.22. The Balaban J connectivity index is 2.40. The minimum Gasteiger partial charge on any atom is -0.334 e. The maximum absolute atomic E-state index is 11.0. The van der Waals surface area contributed by atoms with Gasteiger partial charge < -0.3 is 5.32 Å². The second kappa shape index (κ2) is 5.07. The zero-order chi connectivity index (χ0) is 9.68. The van der Waals surface area contributed by atoms with Gasteiger partial charge in [0.05, 0.1) is 0 Å². The molecule has 1 rings (SSSR count). The largest absolute Gasteiger partial charge is 0.334 e. The molecule has 13 heavy (non-hydrogen) atoms. The van der Waals surface area contributed by atoms with Crippen LogP contribution in [-0.2, 0) is 0 Å². The minimum atomic E-state index is -0.265. The molecular weight excluding hydrogens is 166 g/mol. The topological polar surface area (TPSA) is 67.2 Å². The van der Waals surface area contributed by atoms with E-state index in [1.165, 1.54) is 25.7 Å². The maximum atomic E-state index is 11.0. The van der Waals surface area contributed by atoms with Gasteiger partial charge in [0, 0.05) is 6.04 Å². The molecule has 4 heteroatoms. The van der Waals surface area contributed by atoms with E-state index in [9.17, 15) is 4.79 Å². The molecule has 0 radical (unpaired) electrons. The average Bonchev–Trinajstić information content (AvgIpc) is 2.32. The zero-order valence-electron chi connectivity index (χ0n) is 8.18. The van der Waals surface area contributed by atoms with Crippen LogP contribution in [0.4, 0.5) is 4.79 Å². The number of nitrogens with two attached hydrogens (primary N) is 1. The van der Waals surface area contributed by atoms with Crippen molar-refractivity contribution in [1.82, 2.24) is 10.7 Å². The van der Waals surface area contributed by atoms with Crippen molar-refractivity contribution in [3.8, 4) is 0 Å². The molecule has 1 aliphatic rings. The lowest BCUT2D eigenvalue weighted by Gasteiger charge is -2.22. The third-order valence-electron chi connectivity index (χ3n) is 2.81. The normalized spacial score (nSPS) is 29.1. The van der Waals surface area contributed by atoms with Gasteiger partial charge in [0.2, 0.25) is 0 Å². The highest BCUT2D eigenvalue weighted by atomic mass is 16.2. The molecule has 2 atom stereocenters. The smallest absolute Gasteiger partial charge is 0.329 e. The van der Waals surface area contributed by atoms with Gasteiger partial charge in [-0.05, 0) is 18.8 Å². The maximum Gasteiger partial charge on any atom is 0.329 e. The summed E-state index contributed by atoms with van der Waals surface area (Å²) in [5.74, 6) is 5.58. The Hall–Kier alpha value is -0.770. The summed E-state index contributed by atoms with van der Waals surface area (Å²) in [4.78, 5) is 11.0. The summed E-state index contributed by atoms with van der Waals surface area (Å²) in [7, 11) is 0. The predicted octanol–water partition coefficient (Wildman–Crippen LogP) is 1.13. The van der Waals surface area contributed by atoms with Crippen LogP contribution in [0.2, 0.25) is 0 Å². The molecule has 0 aliphatic heterocycles. The Morgan fingerprint density at radius 1 is 1.31 bits per heavy atom. The van der Waals surface area contributed by atoms with Crippen LogP contribution in [0.3, 0.4) is 0 Å². The number of hydrazine groups is 1. The number of rotatable bonds is 1. The quantitative estimate of drug-likeness (QED) is 0.248. The number of hydrogen-bond acceptors (Lipinski definition) is 2. The molecule has 1 aliphatic carbocycles. The molecule has 2 unspecified atom stereocenters. The molecule has 0 heterocycles. The van der Waals surface area contributed by atoms with Gasteiger partial charge in [0.1, 0.15) is 0 Å². The monoisotopic (exact) mass is 185 g/mol. The molecule has 0 aromatic carbocycles. The van der Waals surface area contributed by atoms with Crippen molar-refractivity contribution < 1.29 is 4.79 Å². The van der Waals surface area contributed by atoms with Crippen molar-refractivity contribution in [2.45, 2.75) is 45.1 Å². The highest BCUT2D eigenvalue weighted by Crippen LogP contribution is 2.22. The van der Waals surface area contributed by atoms with E-state index in [2.05, 4.69) is 17.7 Å². The Bertz CT molecular complexity index is 172. The molecule has 4 N–H and O–H groups in total. The minimum absolute atomic E-state index is 0.265. The molecule has 2 amide bonds. The van der Waals surface area contributed by atoms with Crippen LogP contribution in [0.25, 0.3) is 0 Å². The van der Waals surface area contributed by atoms with Gasteiger partial charge in [-0.3, -0.25) is 5.43 Å². The van der Waals surface area contributed by atoms with E-state index in [0.717, 1.165) is 6.42 Å². The summed E-state index contributed by atoms with van der Waals surface area (Å²) >= 11 is 0. The first kappa shape index (κ1) is 10.3. The van der Waals surface area contributed by atoms with Gasteiger partial charge in [0.25, 0.3) is 0 Å². The Morgan fingerprint density at radius 2 is 2.00 bits per heavy atom. The predicted molar refractivity (Wildman–Crippen MR) is 51.9 cm³/mol. The van der Waals surface area contributed by atoms with Crippen LogP contribution < -0.4 is 16.6 Å². The fraction of sp³-hybridized carbons (Fsp3) is 0.889. The molecule has 0 spiro atoms. The van der Waals surface area contributed by atoms with E-state index in [1.54, 1.807) is 0 Å². The Morgan fingerprint density at radius 3 is 2.69 bits per heavy atom. The highest BCUT2D eigenvalue weighted by Gasteiger charge is 2.20. The molecule has 4 nitrogen and oxygen atoms in total. The Labute approximate surface area is 79.2 Å². The van der Waals surface area contributed by atoms with Gasteiger partial charge in [0.15, 0.2) is 0 Å². The summed E-state index contributed by atoms with van der Waals surface area (Å²) in [5.41, 5.74) is 2.10. The van der Waals surface area contributed by atoms with Crippen molar-refractivity contribution >= 4 is 6.03 Å². The number of carbonyl (C=O) groups excluding carboxylic acids is 1. The second-order valence-corrected chi connectivity index (χ2v) is 3.84. The number of nitrogens with one attached hydrogen (secondary N) is 2. The van der Waals surface area contributed by atoms with E-state index in [0.29, 0.717) is 12.0 Å². The number of carbonyl (C=O) groups is 1. The van der Waals surface area contributed by atoms with Crippen LogP contribution >= 0.6 is 0 Å². The van der Waals surface area contributed by atoms with Gasteiger partial charge in [-0.25, -0.2) is 10.6 Å². The molecule has 0 bridgehead atoms. The SMILES string of the molecule is CC1CCCCCC1NC(=O)NN. The molecule has 76 valence electrons. The van der Waals surface area contributed by atoms with Gasteiger partial charge >= 0.3 is 6.03 Å². The van der Waals surface area contributed by atoms with Gasteiger partial charge in [-0.1, -0.05) is 26.2 Å². The van der Waals surface area contributed by atoms with E-state index in [-0.39, 0.29) is 6.03 Å². The Kier molecular flexibility index (Phi) is 4.02. The summed E-state index contributed by atoms with van der Waals surface area (Å²) < 4.78 is 0. The fourth-order valence-electron chi connectivity index (χ4n) is 1.92. The number of amides is 2. The van der Waals surface area contributed by atoms with E-state index in [4.69, 9.17) is 5.84 Å². The molecule has 0 aromatic heterocycles. The van der Waals surface area contributed by atoms with Crippen LogP contribution in [-0.4, -0.2) is 12.1 Å². The standard InChI is InChI=1S/C9H19N3O/c1-7-5-3-2-4-6-8(7)11-9(13)12-10/h7-8H,2-6,10H2,1H3,(H2,11,12,13). The lowest BCUT2D eigenvalue weighted by molar-refractivity contribution is 0.230. The van der Waals surface area contributed by atoms with Crippen LogP contribution in [0.5, 0.6) is 0 Å². The second-order valence-electron chi connectivity index (χ2n) is 3.84. The molecule has 0 aromatic rings. The van der Waals surface area contributed by atoms with Crippen molar-refractivity contribution in [3.63, 3.8) is 0 Å². The lowest BCUT2D eigenvalue weighted by Crippen LogP contribution is -2.47. The summed E-state index contributed by atoms with van der Waals surface area (Å²) in [5, 5.41) is 2.88. The third-order valence-corrected chi connectivity index (χ3v) is 2.81. The van der Waals surface area contributed by atoms with Gasteiger partial charge in [-0.2, -0.15) is 0 Å². The van der Waals surface area contributed by atoms with E-state index >= 15 is 0 Å². The van der Waals surface area contributed by atoms with Crippen molar-refractivity contribution in [2.24, 2.45) is 11.8 Å². The van der Waals surface area contributed by atoms with E-state index in [1.807, 2.05) is 0 Å². The van der Waals surface area contributed by atoms with Crippen molar-refractivity contribution in [3.05, 3.63) is 0 Å². The molecule has 0 saturated heterocycles. The first-order chi connectivity index (χ1) is 6.24. The van der Waals surface area contributed by atoms with Crippen LogP contribution in [0.1, 0.15) is 39.0 Å². The van der Waals surface area contributed by atoms with Crippen molar-refractivity contribution in [1.29, 1.82) is 0 Å². The fourth-order valence-corrected chi connectivity index (χ4v) is 1.92.